The summed E-state index contributed by atoms with van der Waals surface area (Å²) in [6.45, 7) is 6.69. The fourth-order valence-corrected chi connectivity index (χ4v) is 3.80. The van der Waals surface area contributed by atoms with E-state index in [0.717, 1.165) is 38.3 Å². The van der Waals surface area contributed by atoms with E-state index < -0.39 is 0 Å². The number of hydrogen-bond donors (Lipinski definition) is 2. The molecule has 0 saturated carbocycles. The van der Waals surface area contributed by atoms with Gasteiger partial charge in [0, 0.05) is 36.8 Å². The minimum absolute atomic E-state index is 0.0393. The Bertz CT molecular complexity index is 454. The SMILES string of the molecule is Cc1nccn1CCCCNC(=O)NC[C@]1(C)CCCS1. The van der Waals surface area contributed by atoms with Crippen molar-refractivity contribution >= 4 is 17.8 Å². The summed E-state index contributed by atoms with van der Waals surface area (Å²) >= 11 is 1.97. The Balaban J connectivity index is 1.52. The molecule has 1 aromatic rings. The zero-order valence-corrected chi connectivity index (χ0v) is 13.8. The minimum atomic E-state index is -0.0393. The molecule has 1 aliphatic heterocycles. The monoisotopic (exact) mass is 310 g/mol. The molecule has 0 unspecified atom stereocenters. The van der Waals surface area contributed by atoms with Crippen molar-refractivity contribution in [2.45, 2.75) is 50.8 Å². The Morgan fingerprint density at radius 2 is 2.33 bits per heavy atom. The average Bonchev–Trinajstić information content (AvgIpc) is 3.06. The van der Waals surface area contributed by atoms with Gasteiger partial charge in [0.25, 0.3) is 0 Å². The van der Waals surface area contributed by atoms with E-state index in [1.807, 2.05) is 31.1 Å². The van der Waals surface area contributed by atoms with Crippen LogP contribution in [-0.2, 0) is 6.54 Å². The number of nitrogens with one attached hydrogen (secondary N) is 2. The van der Waals surface area contributed by atoms with Crippen LogP contribution in [0.3, 0.4) is 0 Å². The predicted molar refractivity (Wildman–Crippen MR) is 87.7 cm³/mol. The molecule has 2 rings (SSSR count). The molecule has 0 bridgehead atoms. The van der Waals surface area contributed by atoms with Crippen LogP contribution in [0.25, 0.3) is 0 Å². The third kappa shape index (κ3) is 5.26. The van der Waals surface area contributed by atoms with Gasteiger partial charge in [0.1, 0.15) is 5.82 Å². The quantitative estimate of drug-likeness (QED) is 0.761. The first-order valence-electron chi connectivity index (χ1n) is 7.72. The van der Waals surface area contributed by atoms with Crippen molar-refractivity contribution in [3.63, 3.8) is 0 Å². The molecule has 0 radical (unpaired) electrons. The van der Waals surface area contributed by atoms with Gasteiger partial charge in [-0.3, -0.25) is 0 Å². The molecule has 1 saturated heterocycles. The van der Waals surface area contributed by atoms with E-state index in [-0.39, 0.29) is 10.8 Å². The molecular weight excluding hydrogens is 284 g/mol. The van der Waals surface area contributed by atoms with Crippen LogP contribution >= 0.6 is 11.8 Å². The summed E-state index contributed by atoms with van der Waals surface area (Å²) in [7, 11) is 0. The van der Waals surface area contributed by atoms with Gasteiger partial charge in [-0.05, 0) is 45.3 Å². The Morgan fingerprint density at radius 1 is 1.48 bits per heavy atom. The highest BCUT2D eigenvalue weighted by Gasteiger charge is 2.29. The Hall–Kier alpha value is -1.17. The number of urea groups is 1. The van der Waals surface area contributed by atoms with Crippen molar-refractivity contribution in [3.05, 3.63) is 18.2 Å². The molecule has 2 amide bonds. The van der Waals surface area contributed by atoms with Crippen LogP contribution in [-0.4, -0.2) is 39.2 Å². The number of aromatic nitrogens is 2. The van der Waals surface area contributed by atoms with Crippen LogP contribution in [0.1, 0.15) is 38.4 Å². The van der Waals surface area contributed by atoms with Crippen molar-refractivity contribution in [1.82, 2.24) is 20.2 Å². The summed E-state index contributed by atoms with van der Waals surface area (Å²) in [5.41, 5.74) is 0. The number of carbonyl (C=O) groups is 1. The average molecular weight is 310 g/mol. The Morgan fingerprint density at radius 3 is 3.00 bits per heavy atom. The predicted octanol–water partition coefficient (Wildman–Crippen LogP) is 2.56. The van der Waals surface area contributed by atoms with Gasteiger partial charge >= 0.3 is 6.03 Å². The van der Waals surface area contributed by atoms with Crippen molar-refractivity contribution in [2.24, 2.45) is 0 Å². The number of hydrogen-bond acceptors (Lipinski definition) is 3. The molecule has 0 aliphatic carbocycles. The molecule has 21 heavy (non-hydrogen) atoms. The first-order chi connectivity index (χ1) is 10.1. The minimum Gasteiger partial charge on any atom is -0.338 e. The zero-order valence-electron chi connectivity index (χ0n) is 13.0. The maximum atomic E-state index is 11.7. The third-order valence-electron chi connectivity index (χ3n) is 3.96. The van der Waals surface area contributed by atoms with Crippen molar-refractivity contribution in [2.75, 3.05) is 18.8 Å². The molecule has 1 aromatic heterocycles. The van der Waals surface area contributed by atoms with Gasteiger partial charge in [-0.25, -0.2) is 9.78 Å². The number of aryl methyl sites for hydroxylation is 2. The summed E-state index contributed by atoms with van der Waals surface area (Å²) < 4.78 is 2.37. The molecule has 2 heterocycles. The summed E-state index contributed by atoms with van der Waals surface area (Å²) in [4.78, 5) is 15.9. The van der Waals surface area contributed by atoms with E-state index in [1.165, 1.54) is 18.6 Å². The molecule has 0 spiro atoms. The second-order valence-electron chi connectivity index (χ2n) is 5.89. The lowest BCUT2D eigenvalue weighted by Gasteiger charge is -2.22. The lowest BCUT2D eigenvalue weighted by molar-refractivity contribution is 0.239. The highest BCUT2D eigenvalue weighted by Crippen LogP contribution is 2.36. The van der Waals surface area contributed by atoms with Crippen molar-refractivity contribution in [3.8, 4) is 0 Å². The van der Waals surface area contributed by atoms with Crippen LogP contribution < -0.4 is 10.6 Å². The molecule has 1 fully saturated rings. The molecule has 6 heteroatoms. The van der Waals surface area contributed by atoms with Gasteiger partial charge in [0.05, 0.1) is 0 Å². The van der Waals surface area contributed by atoms with E-state index in [2.05, 4.69) is 27.1 Å². The largest absolute Gasteiger partial charge is 0.338 e. The van der Waals surface area contributed by atoms with E-state index in [0.29, 0.717) is 0 Å². The van der Waals surface area contributed by atoms with Crippen LogP contribution in [0, 0.1) is 6.92 Å². The van der Waals surface area contributed by atoms with E-state index in [1.54, 1.807) is 0 Å². The topological polar surface area (TPSA) is 59.0 Å². The number of imidazole rings is 1. The summed E-state index contributed by atoms with van der Waals surface area (Å²) in [5.74, 6) is 2.26. The number of amides is 2. The summed E-state index contributed by atoms with van der Waals surface area (Å²) in [6.07, 6.45) is 8.31. The lowest BCUT2D eigenvalue weighted by Crippen LogP contribution is -2.42. The second kappa shape index (κ2) is 7.73. The van der Waals surface area contributed by atoms with E-state index in [4.69, 9.17) is 0 Å². The number of unbranched alkanes of at least 4 members (excludes halogenated alkanes) is 1. The molecule has 1 aliphatic rings. The molecule has 2 N–H and O–H groups in total. The van der Waals surface area contributed by atoms with Crippen molar-refractivity contribution < 1.29 is 4.79 Å². The van der Waals surface area contributed by atoms with Gasteiger partial charge in [-0.15, -0.1) is 0 Å². The maximum absolute atomic E-state index is 11.7. The molecule has 1 atom stereocenters. The Labute approximate surface area is 131 Å². The van der Waals surface area contributed by atoms with Gasteiger partial charge in [0.2, 0.25) is 0 Å². The smallest absolute Gasteiger partial charge is 0.314 e. The van der Waals surface area contributed by atoms with Crippen LogP contribution in [0.15, 0.2) is 12.4 Å². The summed E-state index contributed by atoms with van der Waals surface area (Å²) in [6, 6.07) is -0.0393. The van der Waals surface area contributed by atoms with Gasteiger partial charge in [-0.1, -0.05) is 0 Å². The number of nitrogens with zero attached hydrogens (tertiary/aromatic N) is 2. The van der Waals surface area contributed by atoms with Gasteiger partial charge in [-0.2, -0.15) is 11.8 Å². The molecule has 5 nitrogen and oxygen atoms in total. The number of carbonyl (C=O) groups excluding carboxylic acids is 1. The van der Waals surface area contributed by atoms with Crippen LogP contribution in [0.5, 0.6) is 0 Å². The molecule has 0 aromatic carbocycles. The zero-order chi connectivity index (χ0) is 15.1. The highest BCUT2D eigenvalue weighted by molar-refractivity contribution is 8.00. The third-order valence-corrected chi connectivity index (χ3v) is 5.50. The van der Waals surface area contributed by atoms with Crippen molar-refractivity contribution in [1.29, 1.82) is 0 Å². The van der Waals surface area contributed by atoms with Crippen LogP contribution in [0.2, 0.25) is 0 Å². The number of rotatable bonds is 7. The first-order valence-corrected chi connectivity index (χ1v) is 8.71. The van der Waals surface area contributed by atoms with Gasteiger partial charge in [0.15, 0.2) is 0 Å². The van der Waals surface area contributed by atoms with E-state index in [9.17, 15) is 4.79 Å². The molecular formula is C15H26N4OS. The van der Waals surface area contributed by atoms with Crippen LogP contribution in [0.4, 0.5) is 4.79 Å². The maximum Gasteiger partial charge on any atom is 0.314 e. The fourth-order valence-electron chi connectivity index (χ4n) is 2.56. The standard InChI is InChI=1S/C15H26N4OS/c1-13-16-8-10-19(13)9-4-3-7-17-14(20)18-12-15(2)6-5-11-21-15/h8,10H,3-7,9,11-12H2,1-2H3,(H2,17,18,20)/t15-/m0/s1. The summed E-state index contributed by atoms with van der Waals surface area (Å²) in [5, 5.41) is 5.93. The fraction of sp³-hybridized carbons (Fsp3) is 0.733. The normalized spacial score (nSPS) is 21.4. The first kappa shape index (κ1) is 16.2. The Kier molecular flexibility index (Phi) is 5.96. The molecule has 118 valence electrons. The lowest BCUT2D eigenvalue weighted by atomic mass is 10.1. The highest BCUT2D eigenvalue weighted by atomic mass is 32.2. The van der Waals surface area contributed by atoms with E-state index >= 15 is 0 Å². The van der Waals surface area contributed by atoms with Gasteiger partial charge < -0.3 is 15.2 Å². The second-order valence-corrected chi connectivity index (χ2v) is 7.57. The number of thioether (sulfide) groups is 1.